The minimum absolute atomic E-state index is 0.0392. The zero-order valence-electron chi connectivity index (χ0n) is 28.1. The number of halogens is 1. The van der Waals surface area contributed by atoms with E-state index in [1.165, 1.54) is 0 Å². The van der Waals surface area contributed by atoms with Gasteiger partial charge in [0.2, 0.25) is 0 Å². The summed E-state index contributed by atoms with van der Waals surface area (Å²) in [5.41, 5.74) is 0.245. The number of hydrogen-bond acceptors (Lipinski definition) is 7. The third kappa shape index (κ3) is 10.4. The van der Waals surface area contributed by atoms with Crippen molar-refractivity contribution in [3.63, 3.8) is 0 Å². The first-order valence-corrected chi connectivity index (χ1v) is 17.9. The summed E-state index contributed by atoms with van der Waals surface area (Å²) in [4.78, 5) is 12.3. The van der Waals surface area contributed by atoms with Gasteiger partial charge in [0.1, 0.15) is 23.8 Å². The van der Waals surface area contributed by atoms with Crippen molar-refractivity contribution in [1.82, 2.24) is 0 Å². The minimum Gasteiger partial charge on any atom is -0.497 e. The molecule has 1 fully saturated rings. The lowest BCUT2D eigenvalue weighted by atomic mass is 9.97. The zero-order chi connectivity index (χ0) is 32.1. The molecule has 9 heteroatoms. The maximum atomic E-state index is 16.3. The van der Waals surface area contributed by atoms with Gasteiger partial charge in [-0.25, -0.2) is 4.39 Å². The molecule has 1 heterocycles. The van der Waals surface area contributed by atoms with Crippen molar-refractivity contribution < 1.29 is 37.3 Å². The summed E-state index contributed by atoms with van der Waals surface area (Å²) in [7, 11) is -0.441. The second kappa shape index (κ2) is 14.3. The second-order valence-electron chi connectivity index (χ2n) is 14.4. The molecule has 0 amide bonds. The Labute approximate surface area is 254 Å². The summed E-state index contributed by atoms with van der Waals surface area (Å²) in [6.45, 7) is 24.2. The lowest BCUT2D eigenvalue weighted by Gasteiger charge is -2.39. The predicted molar refractivity (Wildman–Crippen MR) is 167 cm³/mol. The van der Waals surface area contributed by atoms with Crippen molar-refractivity contribution >= 4 is 14.3 Å². The number of methoxy groups -OCH3 is 1. The molecule has 240 valence electrons. The fourth-order valence-corrected chi connectivity index (χ4v) is 5.79. The molecule has 7 nitrogen and oxygen atoms in total. The van der Waals surface area contributed by atoms with Crippen molar-refractivity contribution in [2.24, 2.45) is 11.3 Å². The topological polar surface area (TPSA) is 72.5 Å². The lowest BCUT2D eigenvalue weighted by molar-refractivity contribution is -0.160. The van der Waals surface area contributed by atoms with Crippen molar-refractivity contribution in [3.8, 4) is 5.75 Å². The average molecular weight is 611 g/mol. The molecule has 42 heavy (non-hydrogen) atoms. The van der Waals surface area contributed by atoms with Gasteiger partial charge < -0.3 is 28.1 Å². The van der Waals surface area contributed by atoms with Gasteiger partial charge in [0.15, 0.2) is 14.1 Å². The molecule has 1 aliphatic rings. The first kappa shape index (κ1) is 36.4. The molecule has 1 saturated heterocycles. The molecule has 1 aromatic rings. The first-order chi connectivity index (χ1) is 19.2. The van der Waals surface area contributed by atoms with E-state index in [4.69, 9.17) is 28.1 Å². The largest absolute Gasteiger partial charge is 0.497 e. The van der Waals surface area contributed by atoms with E-state index in [-0.39, 0.29) is 36.2 Å². The Balaban J connectivity index is 2.32. The van der Waals surface area contributed by atoms with Crippen molar-refractivity contribution in [2.75, 3.05) is 13.7 Å². The van der Waals surface area contributed by atoms with Crippen LogP contribution in [-0.2, 0) is 34.8 Å². The predicted octanol–water partition coefficient (Wildman–Crippen LogP) is 7.98. The summed E-state index contributed by atoms with van der Waals surface area (Å²) in [6.07, 6.45) is -0.618. The van der Waals surface area contributed by atoms with E-state index in [9.17, 15) is 4.79 Å². The molecule has 0 spiro atoms. The van der Waals surface area contributed by atoms with E-state index in [1.807, 2.05) is 38.1 Å². The van der Waals surface area contributed by atoms with E-state index < -0.39 is 43.7 Å². The first-order valence-electron chi connectivity index (χ1n) is 15.0. The van der Waals surface area contributed by atoms with Gasteiger partial charge in [-0.3, -0.25) is 4.79 Å². The highest BCUT2D eigenvalue weighted by molar-refractivity contribution is 6.74. The fraction of sp³-hybridized carbons (Fsp3) is 0.727. The maximum absolute atomic E-state index is 16.3. The molecule has 0 aliphatic carbocycles. The molecule has 1 aliphatic heterocycles. The Morgan fingerprint density at radius 1 is 1.07 bits per heavy atom. The Bertz CT molecular complexity index is 1040. The van der Waals surface area contributed by atoms with E-state index >= 15 is 4.39 Å². The van der Waals surface area contributed by atoms with Crippen LogP contribution in [0, 0.1) is 11.3 Å². The fourth-order valence-electron chi connectivity index (χ4n) is 4.30. The van der Waals surface area contributed by atoms with Crippen LogP contribution >= 0.6 is 0 Å². The third-order valence-electron chi connectivity index (χ3n) is 8.08. The van der Waals surface area contributed by atoms with Gasteiger partial charge in [0, 0.05) is 18.4 Å². The van der Waals surface area contributed by atoms with Gasteiger partial charge in [-0.2, -0.15) is 0 Å². The quantitative estimate of drug-likeness (QED) is 0.166. The van der Waals surface area contributed by atoms with Crippen molar-refractivity contribution in [2.45, 2.75) is 131 Å². The number of rotatable bonds is 13. The highest BCUT2D eigenvalue weighted by Crippen LogP contribution is 2.39. The van der Waals surface area contributed by atoms with Crippen LogP contribution in [0.1, 0.15) is 81.2 Å². The molecule has 1 aromatic carbocycles. The van der Waals surface area contributed by atoms with E-state index in [1.54, 1.807) is 47.8 Å². The molecule has 0 bridgehead atoms. The second-order valence-corrected chi connectivity index (χ2v) is 19.1. The average Bonchev–Trinajstić information content (AvgIpc) is 3.16. The van der Waals surface area contributed by atoms with E-state index in [0.717, 1.165) is 11.3 Å². The summed E-state index contributed by atoms with van der Waals surface area (Å²) < 4.78 is 52.3. The zero-order valence-corrected chi connectivity index (χ0v) is 29.1. The van der Waals surface area contributed by atoms with Gasteiger partial charge >= 0.3 is 5.97 Å². The Morgan fingerprint density at radius 2 is 1.67 bits per heavy atom. The number of benzene rings is 1. The summed E-state index contributed by atoms with van der Waals surface area (Å²) in [6, 6.07) is 7.45. The van der Waals surface area contributed by atoms with Crippen LogP contribution in [0.4, 0.5) is 4.39 Å². The summed E-state index contributed by atoms with van der Waals surface area (Å²) >= 11 is 0. The number of carbonyl (C=O) groups excluding carboxylic acids is 1. The van der Waals surface area contributed by atoms with Gasteiger partial charge in [0.05, 0.1) is 31.8 Å². The van der Waals surface area contributed by atoms with Gasteiger partial charge in [-0.1, -0.05) is 39.8 Å². The van der Waals surface area contributed by atoms with Crippen LogP contribution in [0.25, 0.3) is 0 Å². The third-order valence-corrected chi connectivity index (χ3v) is 12.7. The monoisotopic (exact) mass is 610 g/mol. The molecule has 5 atom stereocenters. The number of hydrogen-bond donors (Lipinski definition) is 0. The van der Waals surface area contributed by atoms with Gasteiger partial charge in [-0.15, -0.1) is 0 Å². The number of esters is 1. The van der Waals surface area contributed by atoms with Crippen molar-refractivity contribution in [1.29, 1.82) is 0 Å². The number of ether oxygens (including phenoxy) is 5. The molecular formula is C33H55FO7Si. The molecule has 0 N–H and O–H groups in total. The normalized spacial score (nSPS) is 22.0. The van der Waals surface area contributed by atoms with Crippen LogP contribution in [0.5, 0.6) is 5.75 Å². The highest BCUT2D eigenvalue weighted by Gasteiger charge is 2.47. The smallest absolute Gasteiger partial charge is 0.311 e. The maximum Gasteiger partial charge on any atom is 0.311 e. The number of carbonyl (C=O) groups is 1. The minimum atomic E-state index is -2.05. The van der Waals surface area contributed by atoms with Crippen LogP contribution in [-0.4, -0.2) is 58.2 Å². The molecule has 0 aromatic heterocycles. The van der Waals surface area contributed by atoms with Crippen LogP contribution in [0.3, 0.4) is 0 Å². The lowest BCUT2D eigenvalue weighted by Crippen LogP contribution is -2.44. The van der Waals surface area contributed by atoms with Crippen LogP contribution < -0.4 is 4.74 Å². The Kier molecular flexibility index (Phi) is 12.4. The van der Waals surface area contributed by atoms with Gasteiger partial charge in [-0.05, 0) is 83.4 Å². The molecule has 0 saturated carbocycles. The van der Waals surface area contributed by atoms with Gasteiger partial charge in [0.25, 0.3) is 0 Å². The van der Waals surface area contributed by atoms with Crippen LogP contribution in [0.15, 0.2) is 36.2 Å². The Hall–Kier alpha value is -1.78. The summed E-state index contributed by atoms with van der Waals surface area (Å²) in [5.74, 6) is -1.20. The SMILES string of the molecule is COc1ccc(CO[C@H](C(F)=C[C@@H](C)[C@@H](C)O[Si](C)(C)C(C)(C)C)[C@H]2OC(C)(C)O[C@H]2CCOC(=O)C(C)(C)C)cc1. The molecule has 0 radical (unpaired) electrons. The molecule has 0 unspecified atom stereocenters. The van der Waals surface area contributed by atoms with Crippen LogP contribution in [0.2, 0.25) is 18.1 Å². The van der Waals surface area contributed by atoms with E-state index in [2.05, 4.69) is 33.9 Å². The molecular weight excluding hydrogens is 555 g/mol. The standard InChI is InChI=1S/C33H55FO7Si/c1-22(23(2)41-42(12,13)32(6,7)8)20-26(34)28(38-21-24-14-16-25(36-11)17-15-24)29-27(39-33(9,10)40-29)18-19-37-30(35)31(3,4)5/h14-17,20,22-23,27-29H,18-19,21H2,1-13H3/t22-,23-,27+,28-,29+/m1/s1. The molecule has 2 rings (SSSR count). The van der Waals surface area contributed by atoms with Crippen molar-refractivity contribution in [3.05, 3.63) is 41.7 Å². The highest BCUT2D eigenvalue weighted by atomic mass is 28.4. The Morgan fingerprint density at radius 3 is 2.19 bits per heavy atom. The summed E-state index contributed by atoms with van der Waals surface area (Å²) in [5, 5.41) is 0.0392. The van der Waals surface area contributed by atoms with E-state index in [0.29, 0.717) is 6.42 Å².